The lowest BCUT2D eigenvalue weighted by Crippen LogP contribution is -2.73. The van der Waals surface area contributed by atoms with Gasteiger partial charge in [-0.05, 0) is 30.3 Å². The van der Waals surface area contributed by atoms with Crippen LogP contribution in [0.5, 0.6) is 17.2 Å². The van der Waals surface area contributed by atoms with Crippen molar-refractivity contribution in [2.45, 2.75) is 5.92 Å². The summed E-state index contributed by atoms with van der Waals surface area (Å²) < 4.78 is 17.1. The third kappa shape index (κ3) is 3.87. The summed E-state index contributed by atoms with van der Waals surface area (Å²) in [6.45, 7) is 1.17. The molecule has 0 N–H and O–H groups in total. The van der Waals surface area contributed by atoms with Crippen LogP contribution in [0.2, 0.25) is 0 Å². The van der Waals surface area contributed by atoms with Gasteiger partial charge in [0.05, 0.1) is 51.5 Å². The Bertz CT molecular complexity index is 1660. The molecule has 3 aliphatic heterocycles. The van der Waals surface area contributed by atoms with E-state index in [0.717, 1.165) is 16.9 Å². The predicted octanol–water partition coefficient (Wildman–Crippen LogP) is 4.81. The second-order valence-electron chi connectivity index (χ2n) is 10.6. The third-order valence-corrected chi connectivity index (χ3v) is 9.14. The Morgan fingerprint density at radius 1 is 0.762 bits per heavy atom. The van der Waals surface area contributed by atoms with Gasteiger partial charge in [0.1, 0.15) is 45.6 Å². The van der Waals surface area contributed by atoms with E-state index < -0.39 is 16.7 Å². The van der Waals surface area contributed by atoms with E-state index in [1.807, 2.05) is 82.6 Å². The molecule has 3 aromatic carbocycles. The van der Waals surface area contributed by atoms with Gasteiger partial charge in [0, 0.05) is 24.6 Å². The lowest BCUT2D eigenvalue weighted by molar-refractivity contribution is 0.202. The Kier molecular flexibility index (Phi) is 6.88. The van der Waals surface area contributed by atoms with E-state index in [9.17, 15) is 10.5 Å². The first-order chi connectivity index (χ1) is 20.5. The molecule has 0 aliphatic carbocycles. The average Bonchev–Trinajstić information content (AvgIpc) is 3.06. The van der Waals surface area contributed by atoms with Gasteiger partial charge in [0.25, 0.3) is 0 Å². The van der Waals surface area contributed by atoms with Crippen molar-refractivity contribution in [3.8, 4) is 29.4 Å². The highest BCUT2D eigenvalue weighted by atomic mass is 32.1. The van der Waals surface area contributed by atoms with Gasteiger partial charge in [-0.2, -0.15) is 10.5 Å². The molecule has 3 aromatic rings. The summed E-state index contributed by atoms with van der Waals surface area (Å²) in [6, 6.07) is 28.3. The Labute approximate surface area is 250 Å². The minimum atomic E-state index is -1.28. The van der Waals surface area contributed by atoms with Gasteiger partial charge in [-0.25, -0.2) is 4.99 Å². The maximum atomic E-state index is 11.2. The van der Waals surface area contributed by atoms with Gasteiger partial charge in [0.2, 0.25) is 0 Å². The molecule has 0 aromatic heterocycles. The normalized spacial score (nSPS) is 24.6. The highest BCUT2D eigenvalue weighted by molar-refractivity contribution is 7.80. The molecule has 9 nitrogen and oxygen atoms in total. The van der Waals surface area contributed by atoms with Gasteiger partial charge in [0.15, 0.2) is 0 Å². The number of thiocarbonyl (C=S) groups is 1. The number of methoxy groups -OCH3 is 3. The molecule has 6 rings (SSSR count). The second-order valence-corrected chi connectivity index (χ2v) is 11.0. The first kappa shape index (κ1) is 27.4. The zero-order valence-electron chi connectivity index (χ0n) is 23.7. The average molecular weight is 579 g/mol. The SMILES string of the molecule is COc1ccccc1[C@@H]1[C@@]2(C#N)CN(c3ccccc3OC)C[C@@]1(C#N)C1=NCN(c3ccccc3OC)CN1C2=S. The van der Waals surface area contributed by atoms with Gasteiger partial charge in [-0.3, -0.25) is 0 Å². The molecule has 3 heterocycles. The fraction of sp³-hybridized carbons (Fsp3) is 0.312. The molecule has 2 fully saturated rings. The Morgan fingerprint density at radius 2 is 1.29 bits per heavy atom. The molecule has 212 valence electrons. The van der Waals surface area contributed by atoms with Crippen molar-refractivity contribution in [2.75, 3.05) is 57.6 Å². The first-order valence-electron chi connectivity index (χ1n) is 13.6. The van der Waals surface area contributed by atoms with Gasteiger partial charge < -0.3 is 28.9 Å². The zero-order valence-corrected chi connectivity index (χ0v) is 24.5. The van der Waals surface area contributed by atoms with Crippen LogP contribution >= 0.6 is 12.2 Å². The van der Waals surface area contributed by atoms with Crippen molar-refractivity contribution in [3.63, 3.8) is 0 Å². The van der Waals surface area contributed by atoms with Crippen molar-refractivity contribution < 1.29 is 14.2 Å². The molecule has 3 atom stereocenters. The number of hydrogen-bond acceptors (Lipinski definition) is 9. The second kappa shape index (κ2) is 10.6. The number of nitrogens with zero attached hydrogens (tertiary/aromatic N) is 6. The maximum absolute atomic E-state index is 11.2. The van der Waals surface area contributed by atoms with E-state index in [1.54, 1.807) is 21.3 Å². The minimum absolute atomic E-state index is 0.257. The molecule has 42 heavy (non-hydrogen) atoms. The van der Waals surface area contributed by atoms with Crippen LogP contribution < -0.4 is 24.0 Å². The number of para-hydroxylation sites is 5. The summed E-state index contributed by atoms with van der Waals surface area (Å²) in [4.78, 5) is 11.5. The lowest BCUT2D eigenvalue weighted by atomic mass is 9.53. The van der Waals surface area contributed by atoms with E-state index in [-0.39, 0.29) is 13.1 Å². The van der Waals surface area contributed by atoms with Gasteiger partial charge >= 0.3 is 0 Å². The molecule has 0 amide bonds. The van der Waals surface area contributed by atoms with Crippen LogP contribution in [-0.2, 0) is 0 Å². The quantitative estimate of drug-likeness (QED) is 0.382. The molecule has 2 saturated heterocycles. The Morgan fingerprint density at radius 3 is 1.88 bits per heavy atom. The number of benzene rings is 3. The molecule has 0 saturated carbocycles. The van der Waals surface area contributed by atoms with Crippen LogP contribution in [0, 0.1) is 33.5 Å². The highest BCUT2D eigenvalue weighted by Crippen LogP contribution is 2.60. The number of aliphatic imine (C=N–C) groups is 1. The number of fused-ring (bicyclic) bond motifs is 4. The highest BCUT2D eigenvalue weighted by Gasteiger charge is 2.69. The Hall–Kier alpha value is -4.80. The minimum Gasteiger partial charge on any atom is -0.496 e. The number of anilines is 2. The first-order valence-corrected chi connectivity index (χ1v) is 14.0. The molecule has 10 heteroatoms. The summed E-state index contributed by atoms with van der Waals surface area (Å²) in [6.07, 6.45) is 0. The number of nitriles is 2. The van der Waals surface area contributed by atoms with Gasteiger partial charge in [-0.1, -0.05) is 54.7 Å². The smallest absolute Gasteiger partial charge is 0.142 e. The third-order valence-electron chi connectivity index (χ3n) is 8.55. The number of hydrogen-bond donors (Lipinski definition) is 0. The molecular weight excluding hydrogens is 548 g/mol. The van der Waals surface area contributed by atoms with Crippen LogP contribution in [0.1, 0.15) is 11.5 Å². The zero-order chi connectivity index (χ0) is 29.5. The van der Waals surface area contributed by atoms with Crippen LogP contribution in [0.3, 0.4) is 0 Å². The summed E-state index contributed by atoms with van der Waals surface area (Å²) >= 11 is 6.26. The monoisotopic (exact) mass is 578 g/mol. The fourth-order valence-electron chi connectivity index (χ4n) is 6.79. The van der Waals surface area contributed by atoms with Crippen LogP contribution in [-0.4, -0.2) is 63.5 Å². The number of piperidine rings is 2. The molecule has 0 radical (unpaired) electrons. The van der Waals surface area contributed by atoms with Crippen LogP contribution in [0.25, 0.3) is 0 Å². The molecule has 2 bridgehead atoms. The molecule has 0 unspecified atom stereocenters. The number of ether oxygens (including phenoxy) is 3. The van der Waals surface area contributed by atoms with Crippen molar-refractivity contribution >= 4 is 34.4 Å². The van der Waals surface area contributed by atoms with Crippen LogP contribution in [0.15, 0.2) is 77.8 Å². The molecule has 0 spiro atoms. The standard InChI is InChI=1S/C32H30N6O3S/c1-39-25-13-7-4-10-22(25)28-31(16-33)18-36(23-11-5-8-14-26(23)40-2)19-32(28,17-34)30(42)38-21-37(20-35-29(31)38)24-12-6-9-15-27(24)41-3/h4-15,28H,18-21H2,1-3H3/t28-,31+,32+/m0/s1. The van der Waals surface area contributed by atoms with Crippen molar-refractivity contribution in [2.24, 2.45) is 15.8 Å². The van der Waals surface area contributed by atoms with Crippen molar-refractivity contribution in [1.82, 2.24) is 4.90 Å². The van der Waals surface area contributed by atoms with E-state index in [4.69, 9.17) is 31.4 Å². The van der Waals surface area contributed by atoms with E-state index in [0.29, 0.717) is 41.4 Å². The van der Waals surface area contributed by atoms with E-state index >= 15 is 0 Å². The van der Waals surface area contributed by atoms with Crippen LogP contribution in [0.4, 0.5) is 11.4 Å². The largest absolute Gasteiger partial charge is 0.496 e. The van der Waals surface area contributed by atoms with E-state index in [2.05, 4.69) is 17.0 Å². The van der Waals surface area contributed by atoms with E-state index in [1.165, 1.54) is 0 Å². The number of rotatable bonds is 6. The summed E-state index contributed by atoms with van der Waals surface area (Å²) in [5.74, 6) is 1.91. The summed E-state index contributed by atoms with van der Waals surface area (Å²) in [5.41, 5.74) is -0.101. The van der Waals surface area contributed by atoms with Crippen molar-refractivity contribution in [1.29, 1.82) is 10.5 Å². The molecule has 3 aliphatic rings. The van der Waals surface area contributed by atoms with Crippen molar-refractivity contribution in [3.05, 3.63) is 78.4 Å². The van der Waals surface area contributed by atoms with Gasteiger partial charge in [-0.15, -0.1) is 0 Å². The fourth-order valence-corrected chi connectivity index (χ4v) is 7.17. The molecular formula is C32H30N6O3S. The predicted molar refractivity (Wildman–Crippen MR) is 164 cm³/mol. The maximum Gasteiger partial charge on any atom is 0.142 e. The lowest BCUT2D eigenvalue weighted by Gasteiger charge is -2.61. The Balaban J connectivity index is 1.58. The topological polar surface area (TPSA) is 97.3 Å². The number of amidine groups is 1. The summed E-state index contributed by atoms with van der Waals surface area (Å²) in [7, 11) is 4.85. The summed E-state index contributed by atoms with van der Waals surface area (Å²) in [5, 5.41) is 22.4.